The third kappa shape index (κ3) is 4.53. The molecule has 0 aliphatic carbocycles. The Hall–Kier alpha value is 0.369. The summed E-state index contributed by atoms with van der Waals surface area (Å²) in [6.45, 7) is 0. The fraction of sp³-hybridized carbons (Fsp3) is 0. The average Bonchev–Trinajstić information content (AvgIpc) is 1.72. The summed E-state index contributed by atoms with van der Waals surface area (Å²) in [7, 11) is 0. The second-order valence-electron chi connectivity index (χ2n) is 1.15. The van der Waals surface area contributed by atoms with E-state index >= 15 is 0 Å². The Morgan fingerprint density at radius 1 is 0.500 bits per heavy atom. The Balaban J connectivity index is 0. The monoisotopic (exact) mass is 232 g/mol. The first kappa shape index (κ1) is 11.2. The predicted octanol–water partition coefficient (Wildman–Crippen LogP) is 1.42. The third-order valence-electron chi connectivity index (χ3n) is 0.667. The van der Waals surface area contributed by atoms with Gasteiger partial charge in [0, 0.05) is 23.9 Å². The number of hydrogen-bond donors (Lipinski definition) is 0. The van der Waals surface area contributed by atoms with Gasteiger partial charge in [-0.15, -0.1) is 0 Å². The molecule has 0 saturated heterocycles. The van der Waals surface area contributed by atoms with E-state index in [1.165, 1.54) is 0 Å². The van der Waals surface area contributed by atoms with E-state index in [2.05, 4.69) is 0 Å². The molecule has 0 amide bonds. The van der Waals surface area contributed by atoms with Gasteiger partial charge in [0.25, 0.3) is 0 Å². The number of hydrogen-bond acceptors (Lipinski definition) is 0. The molecule has 0 spiro atoms. The van der Waals surface area contributed by atoms with Gasteiger partial charge in [-0.2, -0.15) is 13.5 Å². The van der Waals surface area contributed by atoms with Crippen LogP contribution in [-0.2, 0) is 0 Å². The van der Waals surface area contributed by atoms with Gasteiger partial charge in [0.2, 0.25) is 0 Å². The van der Waals surface area contributed by atoms with Gasteiger partial charge in [-0.05, 0) is 0 Å². The Labute approximate surface area is 73.7 Å². The van der Waals surface area contributed by atoms with Crippen LogP contribution in [-0.4, -0.2) is 23.9 Å². The summed E-state index contributed by atoms with van der Waals surface area (Å²) >= 11 is 0. The Morgan fingerprint density at radius 3 is 0.750 bits per heavy atom. The van der Waals surface area contributed by atoms with Crippen molar-refractivity contribution in [2.45, 2.75) is 0 Å². The Kier molecular flexibility index (Phi) is 10.3. The van der Waals surface area contributed by atoms with Crippen LogP contribution < -0.4 is 0 Å². The van der Waals surface area contributed by atoms with Crippen molar-refractivity contribution in [2.24, 2.45) is 0 Å². The molecule has 1 aromatic rings. The molecule has 0 aliphatic heterocycles. The van der Waals surface area contributed by atoms with Crippen LogP contribution in [0.25, 0.3) is 0 Å². The van der Waals surface area contributed by atoms with Crippen molar-refractivity contribution >= 4 is 37.4 Å². The van der Waals surface area contributed by atoms with E-state index in [4.69, 9.17) is 0 Å². The maximum absolute atomic E-state index is 2.00. The molecule has 0 atom stereocenters. The van der Waals surface area contributed by atoms with E-state index in [0.717, 1.165) is 0 Å². The van der Waals surface area contributed by atoms with Crippen molar-refractivity contribution in [1.29, 1.82) is 0 Å². The third-order valence-corrected chi connectivity index (χ3v) is 0.667. The zero-order valence-electron chi connectivity index (χ0n) is 4.46. The zero-order valence-corrected chi connectivity index (χ0v) is 8.32. The van der Waals surface area contributed by atoms with Crippen molar-refractivity contribution in [2.75, 3.05) is 0 Å². The normalized spacial score (nSPS) is 6.00. The topological polar surface area (TPSA) is 0 Å². The molecule has 4 radical (unpaired) electrons. The maximum atomic E-state index is 2.00. The van der Waals surface area contributed by atoms with Crippen LogP contribution >= 0.6 is 13.5 Å². The standard InChI is InChI=1S/C6H6.H2S.Sn/c1-2-4-6-5-3-1;;/h1-6H;1H2;. The molecule has 0 bridgehead atoms. The van der Waals surface area contributed by atoms with Gasteiger partial charge in [0.15, 0.2) is 0 Å². The molecular weight excluding hydrogens is 223 g/mol. The van der Waals surface area contributed by atoms with Crippen molar-refractivity contribution in [3.63, 3.8) is 0 Å². The van der Waals surface area contributed by atoms with Gasteiger partial charge in [0.1, 0.15) is 0 Å². The van der Waals surface area contributed by atoms with E-state index in [1.807, 2.05) is 36.4 Å². The van der Waals surface area contributed by atoms with E-state index in [1.54, 1.807) is 0 Å². The van der Waals surface area contributed by atoms with E-state index in [9.17, 15) is 0 Å². The first-order valence-electron chi connectivity index (χ1n) is 2.00. The van der Waals surface area contributed by atoms with E-state index in [-0.39, 0.29) is 37.4 Å². The molecule has 8 heavy (non-hydrogen) atoms. The molecule has 42 valence electrons. The van der Waals surface area contributed by atoms with Crippen molar-refractivity contribution in [3.05, 3.63) is 36.4 Å². The van der Waals surface area contributed by atoms with E-state index in [0.29, 0.717) is 0 Å². The molecule has 0 fully saturated rings. The van der Waals surface area contributed by atoms with Crippen molar-refractivity contribution in [1.82, 2.24) is 0 Å². The van der Waals surface area contributed by atoms with Gasteiger partial charge < -0.3 is 0 Å². The van der Waals surface area contributed by atoms with Crippen LogP contribution in [0.5, 0.6) is 0 Å². The molecule has 0 nitrogen and oxygen atoms in total. The van der Waals surface area contributed by atoms with Gasteiger partial charge in [-0.3, -0.25) is 0 Å². The quantitative estimate of drug-likeness (QED) is 0.592. The minimum Gasteiger partial charge on any atom is -0.197 e. The smallest absolute Gasteiger partial charge is 0 e. The summed E-state index contributed by atoms with van der Waals surface area (Å²) in [6, 6.07) is 12.0. The molecule has 0 unspecified atom stereocenters. The van der Waals surface area contributed by atoms with Crippen LogP contribution in [0, 0.1) is 0 Å². The SMILES string of the molecule is S.[Sn].c1ccccc1. The number of benzene rings is 1. The summed E-state index contributed by atoms with van der Waals surface area (Å²) in [5, 5.41) is 0. The minimum atomic E-state index is 0. The average molecular weight is 231 g/mol. The summed E-state index contributed by atoms with van der Waals surface area (Å²) in [4.78, 5) is 0. The maximum Gasteiger partial charge on any atom is 0 e. The van der Waals surface area contributed by atoms with Crippen molar-refractivity contribution < 1.29 is 0 Å². The summed E-state index contributed by atoms with van der Waals surface area (Å²) < 4.78 is 0. The predicted molar refractivity (Wildman–Crippen MR) is 42.6 cm³/mol. The molecule has 1 aromatic carbocycles. The molecule has 0 N–H and O–H groups in total. The fourth-order valence-corrected chi connectivity index (χ4v) is 0.385. The van der Waals surface area contributed by atoms with Crippen LogP contribution in [0.4, 0.5) is 0 Å². The van der Waals surface area contributed by atoms with Crippen LogP contribution in [0.3, 0.4) is 0 Å². The molecule has 0 saturated carbocycles. The molecule has 2 heteroatoms. The molecule has 0 aliphatic rings. The van der Waals surface area contributed by atoms with Gasteiger partial charge >= 0.3 is 0 Å². The van der Waals surface area contributed by atoms with Crippen LogP contribution in [0.15, 0.2) is 36.4 Å². The number of rotatable bonds is 0. The minimum absolute atomic E-state index is 0. The molecule has 0 heterocycles. The molecular formula is C6H8SSn. The first-order chi connectivity index (χ1) is 3.00. The van der Waals surface area contributed by atoms with E-state index < -0.39 is 0 Å². The summed E-state index contributed by atoms with van der Waals surface area (Å²) in [6.07, 6.45) is 0. The van der Waals surface area contributed by atoms with Crippen LogP contribution in [0.1, 0.15) is 0 Å². The summed E-state index contributed by atoms with van der Waals surface area (Å²) in [5.41, 5.74) is 0. The molecule has 1 rings (SSSR count). The van der Waals surface area contributed by atoms with Gasteiger partial charge in [-0.25, -0.2) is 0 Å². The van der Waals surface area contributed by atoms with Crippen LogP contribution in [0.2, 0.25) is 0 Å². The van der Waals surface area contributed by atoms with Gasteiger partial charge in [-0.1, -0.05) is 36.4 Å². The van der Waals surface area contributed by atoms with Gasteiger partial charge in [0.05, 0.1) is 0 Å². The summed E-state index contributed by atoms with van der Waals surface area (Å²) in [5.74, 6) is 0. The Bertz CT molecular complexity index is 80.5. The molecule has 0 aromatic heterocycles. The first-order valence-corrected chi connectivity index (χ1v) is 2.00. The second kappa shape index (κ2) is 7.37. The zero-order chi connectivity index (χ0) is 4.24. The fourth-order valence-electron chi connectivity index (χ4n) is 0.385. The second-order valence-corrected chi connectivity index (χ2v) is 1.15. The Morgan fingerprint density at radius 2 is 0.625 bits per heavy atom. The largest absolute Gasteiger partial charge is 0.197 e. The van der Waals surface area contributed by atoms with Crippen molar-refractivity contribution in [3.8, 4) is 0 Å².